The van der Waals surface area contributed by atoms with E-state index in [1.807, 2.05) is 0 Å². The number of nitrogens with one attached hydrogen (secondary N) is 3. The third kappa shape index (κ3) is 14.4. The number of alkyl halides is 9. The first-order chi connectivity index (χ1) is 25.6. The first-order valence-electron chi connectivity index (χ1n) is 15.5. The van der Waals surface area contributed by atoms with E-state index in [4.69, 9.17) is 40.9 Å². The number of halogens is 10. The average Bonchev–Trinajstić information content (AvgIpc) is 3.33. The fraction of sp³-hybridized carbons (Fsp3) is 0.344. The van der Waals surface area contributed by atoms with Crippen LogP contribution in [0.4, 0.5) is 56.8 Å². The summed E-state index contributed by atoms with van der Waals surface area (Å²) in [4.78, 5) is 41.7. The molecular formula is C32H30ClF9N6O7. The third-order valence-corrected chi connectivity index (χ3v) is 7.36. The second kappa shape index (κ2) is 19.3. The van der Waals surface area contributed by atoms with E-state index in [0.29, 0.717) is 61.2 Å². The highest BCUT2D eigenvalue weighted by molar-refractivity contribution is 6.32. The number of amides is 1. The number of carboxylic acids is 2. The maximum absolute atomic E-state index is 13.0. The van der Waals surface area contributed by atoms with E-state index in [0.717, 1.165) is 31.8 Å². The summed E-state index contributed by atoms with van der Waals surface area (Å²) < 4.78 is 114. The first kappa shape index (κ1) is 44.0. The number of carbonyl (C=O) groups excluding carboxylic acids is 1. The van der Waals surface area contributed by atoms with Gasteiger partial charge in [0, 0.05) is 44.0 Å². The number of ether oxygens (including phenoxy) is 2. The number of hydrogen-bond donors (Lipinski definition) is 5. The van der Waals surface area contributed by atoms with Crippen LogP contribution in [0.5, 0.6) is 11.5 Å². The lowest BCUT2D eigenvalue weighted by molar-refractivity contribution is -0.193. The van der Waals surface area contributed by atoms with Crippen LogP contribution in [0.3, 0.4) is 0 Å². The fourth-order valence-electron chi connectivity index (χ4n) is 4.44. The van der Waals surface area contributed by atoms with Crippen LogP contribution in [0.2, 0.25) is 5.02 Å². The number of anilines is 3. The molecule has 1 aromatic heterocycles. The molecule has 2 aliphatic rings. The number of hydrogen-bond acceptors (Lipinski definition) is 10. The van der Waals surface area contributed by atoms with Crippen LogP contribution in [0.1, 0.15) is 17.5 Å². The van der Waals surface area contributed by atoms with Gasteiger partial charge in [0.2, 0.25) is 5.91 Å². The zero-order valence-electron chi connectivity index (χ0n) is 27.9. The van der Waals surface area contributed by atoms with Gasteiger partial charge in [0.1, 0.15) is 29.5 Å². The molecule has 0 unspecified atom stereocenters. The lowest BCUT2D eigenvalue weighted by Gasteiger charge is -2.26. The minimum Gasteiger partial charge on any atom is -0.475 e. The smallest absolute Gasteiger partial charge is 0.475 e. The minimum absolute atomic E-state index is 0.00974. The van der Waals surface area contributed by atoms with E-state index >= 15 is 0 Å². The van der Waals surface area contributed by atoms with E-state index in [-0.39, 0.29) is 22.4 Å². The molecule has 2 aliphatic heterocycles. The van der Waals surface area contributed by atoms with Crippen molar-refractivity contribution in [2.75, 3.05) is 56.6 Å². The Bertz CT molecular complexity index is 1810. The van der Waals surface area contributed by atoms with Crippen molar-refractivity contribution in [3.8, 4) is 11.5 Å². The molecule has 1 saturated heterocycles. The Morgan fingerprint density at radius 2 is 1.56 bits per heavy atom. The molecule has 5 rings (SSSR count). The van der Waals surface area contributed by atoms with Crippen molar-refractivity contribution in [2.24, 2.45) is 0 Å². The molecule has 3 heterocycles. The molecule has 0 atom stereocenters. The minimum atomic E-state index is -5.08. The number of benzene rings is 2. The molecule has 5 N–H and O–H groups in total. The number of rotatable bonds is 8. The van der Waals surface area contributed by atoms with E-state index < -0.39 is 36.0 Å². The van der Waals surface area contributed by atoms with Gasteiger partial charge in [-0.25, -0.2) is 19.6 Å². The summed E-state index contributed by atoms with van der Waals surface area (Å²) in [7, 11) is 0. The Balaban J connectivity index is 0.000000494. The summed E-state index contributed by atoms with van der Waals surface area (Å²) in [6.07, 6.45) is -11.0. The van der Waals surface area contributed by atoms with Crippen LogP contribution in [0.25, 0.3) is 6.08 Å². The van der Waals surface area contributed by atoms with Crippen LogP contribution in [0, 0.1) is 0 Å². The fourth-order valence-corrected chi connectivity index (χ4v) is 4.66. The SMILES string of the molecule is O=C(NCCN1CCOCC1)C1=Cc2c(ncnc2Nc2ccc(Oc3cccc(C(F)(F)F)c3)c(Cl)c2)NCC1.O=C(O)C(F)(F)F.O=C(O)C(F)(F)F. The molecule has 300 valence electrons. The van der Waals surface area contributed by atoms with Crippen molar-refractivity contribution < 1.29 is 73.6 Å². The number of aromatic nitrogens is 2. The maximum atomic E-state index is 13.0. The van der Waals surface area contributed by atoms with Crippen LogP contribution in [-0.4, -0.2) is 101 Å². The highest BCUT2D eigenvalue weighted by Gasteiger charge is 2.39. The Morgan fingerprint density at radius 3 is 2.15 bits per heavy atom. The monoisotopic (exact) mass is 816 g/mol. The average molecular weight is 817 g/mol. The summed E-state index contributed by atoms with van der Waals surface area (Å²) in [5.41, 5.74) is 0.949. The molecule has 0 bridgehead atoms. The standard InChI is InChI=1S/C28H28ClF3N6O3.2C2HF3O2/c29-23-16-20(4-5-24(23)41-21-3-1-2-19(15-21)28(30,31)32)37-26-22-14-18(6-7-33-25(22)35-17-36-26)27(39)34-8-9-38-10-12-40-13-11-38;2*3-2(4,5)1(6)7/h1-5,14-17H,6-13H2,(H,34,39)(H2,33,35,36,37);2*(H,6,7). The van der Waals surface area contributed by atoms with Gasteiger partial charge >= 0.3 is 30.5 Å². The summed E-state index contributed by atoms with van der Waals surface area (Å²) in [6.45, 7) is 4.92. The number of carbonyl (C=O) groups is 3. The summed E-state index contributed by atoms with van der Waals surface area (Å²) in [5, 5.41) is 23.9. The Hall–Kier alpha value is -5.35. The lowest BCUT2D eigenvalue weighted by Crippen LogP contribution is -2.41. The Labute approximate surface area is 310 Å². The predicted molar refractivity (Wildman–Crippen MR) is 177 cm³/mol. The second-order valence-corrected chi connectivity index (χ2v) is 11.5. The van der Waals surface area contributed by atoms with E-state index in [1.54, 1.807) is 24.3 Å². The van der Waals surface area contributed by atoms with Crippen molar-refractivity contribution in [3.05, 3.63) is 70.5 Å². The second-order valence-electron chi connectivity index (χ2n) is 11.0. The quantitative estimate of drug-likeness (QED) is 0.154. The van der Waals surface area contributed by atoms with Gasteiger partial charge in [-0.05, 0) is 48.9 Å². The summed E-state index contributed by atoms with van der Waals surface area (Å²) in [6, 6.07) is 9.35. The summed E-state index contributed by atoms with van der Waals surface area (Å²) in [5.74, 6) is -4.44. The van der Waals surface area contributed by atoms with Crippen molar-refractivity contribution in [3.63, 3.8) is 0 Å². The molecule has 23 heteroatoms. The third-order valence-electron chi connectivity index (χ3n) is 7.07. The molecule has 1 fully saturated rings. The van der Waals surface area contributed by atoms with Crippen molar-refractivity contribution in [2.45, 2.75) is 24.9 Å². The molecule has 13 nitrogen and oxygen atoms in total. The molecule has 0 saturated carbocycles. The lowest BCUT2D eigenvalue weighted by atomic mass is 10.1. The number of fused-ring (bicyclic) bond motifs is 1. The molecule has 3 aromatic rings. The molecule has 0 aliphatic carbocycles. The zero-order chi connectivity index (χ0) is 41.0. The summed E-state index contributed by atoms with van der Waals surface area (Å²) >= 11 is 6.41. The molecule has 0 radical (unpaired) electrons. The van der Waals surface area contributed by atoms with Gasteiger partial charge in [0.15, 0.2) is 0 Å². The van der Waals surface area contributed by atoms with Crippen molar-refractivity contribution >= 4 is 52.8 Å². The van der Waals surface area contributed by atoms with Gasteiger partial charge in [0.25, 0.3) is 0 Å². The van der Waals surface area contributed by atoms with Crippen LogP contribution in [0.15, 0.2) is 54.4 Å². The number of carboxylic acid groups (broad SMARTS) is 2. The Kier molecular flexibility index (Phi) is 15.5. The largest absolute Gasteiger partial charge is 0.490 e. The molecule has 0 spiro atoms. The highest BCUT2D eigenvalue weighted by Crippen LogP contribution is 2.36. The number of morpholine rings is 1. The van der Waals surface area contributed by atoms with Gasteiger partial charge in [-0.3, -0.25) is 9.69 Å². The Morgan fingerprint density at radius 1 is 0.927 bits per heavy atom. The van der Waals surface area contributed by atoms with Gasteiger partial charge in [-0.1, -0.05) is 17.7 Å². The molecule has 55 heavy (non-hydrogen) atoms. The molecular weight excluding hydrogens is 787 g/mol. The normalized spacial score (nSPS) is 14.5. The van der Waals surface area contributed by atoms with Crippen LogP contribution in [-0.2, 0) is 25.3 Å². The van der Waals surface area contributed by atoms with Crippen LogP contribution >= 0.6 is 11.6 Å². The number of nitrogens with zero attached hydrogens (tertiary/aromatic N) is 3. The maximum Gasteiger partial charge on any atom is 0.490 e. The highest BCUT2D eigenvalue weighted by atomic mass is 35.5. The van der Waals surface area contributed by atoms with Gasteiger partial charge in [0.05, 0.1) is 29.4 Å². The first-order valence-corrected chi connectivity index (χ1v) is 15.9. The van der Waals surface area contributed by atoms with E-state index in [1.165, 1.54) is 18.5 Å². The van der Waals surface area contributed by atoms with E-state index in [2.05, 4.69) is 30.8 Å². The zero-order valence-corrected chi connectivity index (χ0v) is 28.7. The van der Waals surface area contributed by atoms with E-state index in [9.17, 15) is 44.3 Å². The van der Waals surface area contributed by atoms with Crippen molar-refractivity contribution in [1.29, 1.82) is 0 Å². The molecule has 1 amide bonds. The van der Waals surface area contributed by atoms with Crippen LogP contribution < -0.4 is 20.7 Å². The van der Waals surface area contributed by atoms with Gasteiger partial charge in [-0.2, -0.15) is 39.5 Å². The molecule has 2 aromatic carbocycles. The van der Waals surface area contributed by atoms with Gasteiger partial charge in [-0.15, -0.1) is 0 Å². The van der Waals surface area contributed by atoms with Crippen molar-refractivity contribution in [1.82, 2.24) is 20.2 Å². The van der Waals surface area contributed by atoms with Gasteiger partial charge < -0.3 is 35.6 Å². The topological polar surface area (TPSA) is 175 Å². The number of aliphatic carboxylic acids is 2. The predicted octanol–water partition coefficient (Wildman–Crippen LogP) is 6.60.